The summed E-state index contributed by atoms with van der Waals surface area (Å²) in [6, 6.07) is 12.4. The van der Waals surface area contributed by atoms with Gasteiger partial charge in [-0.3, -0.25) is 0 Å². The van der Waals surface area contributed by atoms with E-state index in [1.54, 1.807) is 0 Å². The van der Waals surface area contributed by atoms with Gasteiger partial charge in [-0.2, -0.15) is 0 Å². The minimum absolute atomic E-state index is 0.283. The van der Waals surface area contributed by atoms with E-state index in [-0.39, 0.29) is 6.79 Å². The molecule has 0 unspecified atom stereocenters. The van der Waals surface area contributed by atoms with Crippen LogP contribution in [0, 0.1) is 6.92 Å². The summed E-state index contributed by atoms with van der Waals surface area (Å²) < 4.78 is 11.0. The largest absolute Gasteiger partial charge is 0.454 e. The van der Waals surface area contributed by atoms with Crippen LogP contribution in [0.25, 0.3) is 0 Å². The van der Waals surface area contributed by atoms with Crippen LogP contribution in [0.1, 0.15) is 24.0 Å². The summed E-state index contributed by atoms with van der Waals surface area (Å²) in [5, 5.41) is 4.85. The zero-order valence-corrected chi connectivity index (χ0v) is 18.4. The number of thiocarbonyl (C=S) groups is 1. The summed E-state index contributed by atoms with van der Waals surface area (Å²) in [5.41, 5.74) is 3.11. The molecular formula is C22H26ClN3O2S. The van der Waals surface area contributed by atoms with Gasteiger partial charge in [0.25, 0.3) is 0 Å². The lowest BCUT2D eigenvalue weighted by Crippen LogP contribution is -2.47. The first-order valence-corrected chi connectivity index (χ1v) is 10.7. The number of rotatable bonds is 4. The molecule has 1 fully saturated rings. The van der Waals surface area contributed by atoms with Crippen molar-refractivity contribution >= 4 is 34.6 Å². The second kappa shape index (κ2) is 8.78. The van der Waals surface area contributed by atoms with Crippen LogP contribution in [0.15, 0.2) is 36.4 Å². The van der Waals surface area contributed by atoms with Crippen molar-refractivity contribution in [2.75, 3.05) is 32.2 Å². The van der Waals surface area contributed by atoms with Crippen LogP contribution in [0.3, 0.4) is 0 Å². The molecule has 0 atom stereocenters. The van der Waals surface area contributed by atoms with E-state index in [0.29, 0.717) is 6.04 Å². The Morgan fingerprint density at radius 3 is 2.69 bits per heavy atom. The van der Waals surface area contributed by atoms with Gasteiger partial charge in [0.05, 0.1) is 0 Å². The number of likely N-dealkylation sites (tertiary alicyclic amines) is 1. The first kappa shape index (κ1) is 20.3. The number of hydrogen-bond donors (Lipinski definition) is 1. The molecule has 0 bridgehead atoms. The Morgan fingerprint density at radius 2 is 1.93 bits per heavy atom. The number of aryl methyl sites for hydroxylation is 1. The van der Waals surface area contributed by atoms with Gasteiger partial charge in [0.2, 0.25) is 6.79 Å². The highest BCUT2D eigenvalue weighted by Gasteiger charge is 2.26. The van der Waals surface area contributed by atoms with Crippen LogP contribution in [0.5, 0.6) is 11.5 Å². The van der Waals surface area contributed by atoms with Crippen molar-refractivity contribution in [3.05, 3.63) is 52.5 Å². The first-order valence-electron chi connectivity index (χ1n) is 9.90. The number of halogens is 1. The smallest absolute Gasteiger partial charge is 0.231 e. The fraction of sp³-hybridized carbons (Fsp3) is 0.409. The molecule has 2 heterocycles. The Balaban J connectivity index is 1.54. The van der Waals surface area contributed by atoms with Crippen molar-refractivity contribution in [2.24, 2.45) is 0 Å². The van der Waals surface area contributed by atoms with E-state index < -0.39 is 0 Å². The van der Waals surface area contributed by atoms with Crippen molar-refractivity contribution in [1.29, 1.82) is 0 Å². The van der Waals surface area contributed by atoms with E-state index >= 15 is 0 Å². The molecular weight excluding hydrogens is 406 g/mol. The average molecular weight is 432 g/mol. The van der Waals surface area contributed by atoms with Crippen LogP contribution >= 0.6 is 23.8 Å². The van der Waals surface area contributed by atoms with E-state index in [4.69, 9.17) is 33.3 Å². The maximum atomic E-state index is 6.30. The van der Waals surface area contributed by atoms with Gasteiger partial charge in [0.1, 0.15) is 0 Å². The van der Waals surface area contributed by atoms with E-state index in [1.165, 1.54) is 0 Å². The van der Waals surface area contributed by atoms with Crippen molar-refractivity contribution in [3.8, 4) is 11.5 Å². The van der Waals surface area contributed by atoms with E-state index in [1.807, 2.05) is 31.2 Å². The van der Waals surface area contributed by atoms with Gasteiger partial charge in [0, 0.05) is 23.3 Å². The maximum absolute atomic E-state index is 6.30. The van der Waals surface area contributed by atoms with E-state index in [2.05, 4.69) is 34.3 Å². The molecule has 1 saturated heterocycles. The van der Waals surface area contributed by atoms with Gasteiger partial charge in [0.15, 0.2) is 16.6 Å². The quantitative estimate of drug-likeness (QED) is 0.709. The lowest BCUT2D eigenvalue weighted by molar-refractivity contribution is 0.172. The fourth-order valence-corrected chi connectivity index (χ4v) is 4.29. The number of piperidine rings is 1. The summed E-state index contributed by atoms with van der Waals surface area (Å²) in [6.45, 7) is 5.14. The van der Waals surface area contributed by atoms with Gasteiger partial charge >= 0.3 is 0 Å². The van der Waals surface area contributed by atoms with E-state index in [0.717, 1.165) is 70.9 Å². The van der Waals surface area contributed by atoms with Crippen molar-refractivity contribution in [3.63, 3.8) is 0 Å². The molecule has 1 N–H and O–H groups in total. The maximum Gasteiger partial charge on any atom is 0.231 e. The third-order valence-electron chi connectivity index (χ3n) is 5.60. The number of benzene rings is 2. The molecule has 2 aliphatic heterocycles. The molecule has 2 aromatic carbocycles. The van der Waals surface area contributed by atoms with Gasteiger partial charge in [-0.05, 0) is 87.5 Å². The van der Waals surface area contributed by atoms with E-state index in [9.17, 15) is 0 Å². The van der Waals surface area contributed by atoms with Gasteiger partial charge in [-0.15, -0.1) is 0 Å². The normalized spacial score (nSPS) is 16.7. The van der Waals surface area contributed by atoms with Crippen molar-refractivity contribution in [2.45, 2.75) is 32.4 Å². The number of hydrogen-bond acceptors (Lipinski definition) is 4. The summed E-state index contributed by atoms with van der Waals surface area (Å²) >= 11 is 12.1. The third kappa shape index (κ3) is 4.77. The standard InChI is InChI=1S/C22H26ClN3O2S/c1-15-3-5-17(12-19(15)23)24-22(29)26(18-7-9-25(2)10-8-18)13-16-4-6-20-21(11-16)28-14-27-20/h3-6,11-12,18H,7-10,13-14H2,1-2H3,(H,24,29). The first-order chi connectivity index (χ1) is 14.0. The summed E-state index contributed by atoms with van der Waals surface area (Å²) in [6.07, 6.45) is 2.16. The van der Waals surface area contributed by atoms with Gasteiger partial charge in [-0.25, -0.2) is 0 Å². The second-order valence-corrected chi connectivity index (χ2v) is 8.54. The number of fused-ring (bicyclic) bond motifs is 1. The van der Waals surface area contributed by atoms with Crippen LogP contribution in [0.4, 0.5) is 5.69 Å². The predicted molar refractivity (Wildman–Crippen MR) is 121 cm³/mol. The zero-order valence-electron chi connectivity index (χ0n) is 16.8. The molecule has 0 amide bonds. The Kier molecular flexibility index (Phi) is 6.13. The topological polar surface area (TPSA) is 37.0 Å². The zero-order chi connectivity index (χ0) is 20.4. The Morgan fingerprint density at radius 1 is 1.17 bits per heavy atom. The molecule has 0 radical (unpaired) electrons. The monoisotopic (exact) mass is 431 g/mol. The predicted octanol–water partition coefficient (Wildman–Crippen LogP) is 4.67. The summed E-state index contributed by atoms with van der Waals surface area (Å²) in [5.74, 6) is 1.60. The molecule has 29 heavy (non-hydrogen) atoms. The van der Waals surface area contributed by atoms with Crippen LogP contribution in [-0.2, 0) is 6.54 Å². The van der Waals surface area contributed by atoms with Gasteiger partial charge < -0.3 is 24.6 Å². The number of anilines is 1. The number of nitrogens with zero attached hydrogens (tertiary/aromatic N) is 2. The molecule has 2 aliphatic rings. The van der Waals surface area contributed by atoms with Crippen molar-refractivity contribution < 1.29 is 9.47 Å². The fourth-order valence-electron chi connectivity index (χ4n) is 3.78. The SMILES string of the molecule is Cc1ccc(NC(=S)N(Cc2ccc3c(c2)OCO3)C2CCN(C)CC2)cc1Cl. The Labute approximate surface area is 182 Å². The molecule has 0 spiro atoms. The van der Waals surface area contributed by atoms with Crippen molar-refractivity contribution in [1.82, 2.24) is 9.80 Å². The molecule has 4 rings (SSSR count). The van der Waals surface area contributed by atoms with Gasteiger partial charge in [-0.1, -0.05) is 23.7 Å². The molecule has 0 aromatic heterocycles. The molecule has 2 aromatic rings. The summed E-state index contributed by atoms with van der Waals surface area (Å²) in [7, 11) is 2.17. The highest BCUT2D eigenvalue weighted by Crippen LogP contribution is 2.33. The highest BCUT2D eigenvalue weighted by atomic mass is 35.5. The minimum atomic E-state index is 0.283. The molecule has 0 saturated carbocycles. The highest BCUT2D eigenvalue weighted by molar-refractivity contribution is 7.80. The lowest BCUT2D eigenvalue weighted by Gasteiger charge is -2.39. The Hall–Kier alpha value is -2.02. The number of ether oxygens (including phenoxy) is 2. The van der Waals surface area contributed by atoms with Crippen LogP contribution in [0.2, 0.25) is 5.02 Å². The molecule has 0 aliphatic carbocycles. The van der Waals surface area contributed by atoms with Crippen LogP contribution in [-0.4, -0.2) is 47.9 Å². The molecule has 7 heteroatoms. The Bertz CT molecular complexity index is 900. The van der Waals surface area contributed by atoms with Crippen LogP contribution < -0.4 is 14.8 Å². The average Bonchev–Trinajstić information content (AvgIpc) is 3.17. The number of nitrogens with one attached hydrogen (secondary N) is 1. The summed E-state index contributed by atoms with van der Waals surface area (Å²) in [4.78, 5) is 4.67. The molecule has 154 valence electrons. The third-order valence-corrected chi connectivity index (χ3v) is 6.35. The second-order valence-electron chi connectivity index (χ2n) is 7.74. The molecule has 5 nitrogen and oxygen atoms in total. The minimum Gasteiger partial charge on any atom is -0.454 e. The lowest BCUT2D eigenvalue weighted by atomic mass is 10.0.